The second-order valence-electron chi connectivity index (χ2n) is 9.91. The Labute approximate surface area is 219 Å². The number of hydrogen-bond donors (Lipinski definition) is 2. The number of nitrogens with one attached hydrogen (secondary N) is 1. The third-order valence-electron chi connectivity index (χ3n) is 6.75. The van der Waals surface area contributed by atoms with Crippen LogP contribution in [0.4, 0.5) is 17.6 Å². The Morgan fingerprint density at radius 1 is 1.26 bits per heavy atom. The topological polar surface area (TPSA) is 107 Å². The standard InChI is InChI=1S/C26H24F4N4O3S/c1-25(9-20(31)35)12-37-22-16(25)8-18(34-21(22)13-4-6-15(27)7-5-13)17(26(28,29)30)10-32-23(36)19-11-33-24(38-19)14-2-3-14/h4-8,11,14,17H,2-3,9-10,12H2,1H3,(H2,31,35)(H,32,36)/t17?,25-/m0/s1. The van der Waals surface area contributed by atoms with Gasteiger partial charge in [0, 0.05) is 35.4 Å². The molecule has 2 aromatic heterocycles. The smallest absolute Gasteiger partial charge is 0.398 e. The van der Waals surface area contributed by atoms with E-state index in [0.29, 0.717) is 17.0 Å². The van der Waals surface area contributed by atoms with Crippen molar-refractivity contribution in [3.05, 3.63) is 63.5 Å². The third-order valence-corrected chi connectivity index (χ3v) is 7.91. The first-order valence-corrected chi connectivity index (χ1v) is 12.8. The van der Waals surface area contributed by atoms with Crippen LogP contribution in [-0.4, -0.2) is 41.1 Å². The summed E-state index contributed by atoms with van der Waals surface area (Å²) in [7, 11) is 0. The number of benzene rings is 1. The van der Waals surface area contributed by atoms with Gasteiger partial charge in [-0.15, -0.1) is 11.3 Å². The van der Waals surface area contributed by atoms with Crippen molar-refractivity contribution in [2.45, 2.75) is 49.6 Å². The van der Waals surface area contributed by atoms with E-state index in [1.54, 1.807) is 6.92 Å². The number of aromatic nitrogens is 2. The number of amides is 2. The van der Waals surface area contributed by atoms with E-state index in [1.165, 1.54) is 47.9 Å². The molecule has 1 aliphatic heterocycles. The van der Waals surface area contributed by atoms with E-state index in [4.69, 9.17) is 10.5 Å². The number of halogens is 4. The van der Waals surface area contributed by atoms with E-state index < -0.39 is 41.7 Å². The average Bonchev–Trinajstić information content (AvgIpc) is 3.48. The molecule has 0 radical (unpaired) electrons. The van der Waals surface area contributed by atoms with E-state index >= 15 is 0 Å². The fourth-order valence-corrected chi connectivity index (χ4v) is 5.55. The maximum atomic E-state index is 14.4. The van der Waals surface area contributed by atoms with Crippen LogP contribution in [0.15, 0.2) is 36.5 Å². The molecular formula is C26H24F4N4O3S. The van der Waals surface area contributed by atoms with Crippen LogP contribution >= 0.6 is 11.3 Å². The van der Waals surface area contributed by atoms with Gasteiger partial charge in [-0.05, 0) is 43.2 Å². The van der Waals surface area contributed by atoms with Gasteiger partial charge in [0.15, 0.2) is 0 Å². The highest BCUT2D eigenvalue weighted by Crippen LogP contribution is 2.48. The van der Waals surface area contributed by atoms with Crippen molar-refractivity contribution in [2.75, 3.05) is 13.2 Å². The fraction of sp³-hybridized carbons (Fsp3) is 0.385. The number of pyridine rings is 1. The van der Waals surface area contributed by atoms with Gasteiger partial charge in [-0.1, -0.05) is 6.92 Å². The Balaban J connectivity index is 1.52. The molecule has 1 aromatic carbocycles. The van der Waals surface area contributed by atoms with Gasteiger partial charge in [0.25, 0.3) is 5.91 Å². The number of carbonyl (C=O) groups is 2. The molecular weight excluding hydrogens is 524 g/mol. The first-order chi connectivity index (χ1) is 17.9. The predicted molar refractivity (Wildman–Crippen MR) is 132 cm³/mol. The van der Waals surface area contributed by atoms with Crippen LogP contribution in [-0.2, 0) is 10.2 Å². The molecule has 0 spiro atoms. The van der Waals surface area contributed by atoms with Gasteiger partial charge in [-0.3, -0.25) is 9.59 Å². The third kappa shape index (κ3) is 5.22. The number of thiazole rings is 1. The lowest BCUT2D eigenvalue weighted by atomic mass is 9.80. The molecule has 2 atom stereocenters. The van der Waals surface area contributed by atoms with Gasteiger partial charge in [-0.25, -0.2) is 14.4 Å². The number of nitrogens with two attached hydrogens (primary N) is 1. The van der Waals surface area contributed by atoms with E-state index in [9.17, 15) is 27.2 Å². The number of alkyl halides is 3. The van der Waals surface area contributed by atoms with E-state index in [-0.39, 0.29) is 35.0 Å². The summed E-state index contributed by atoms with van der Waals surface area (Å²) in [6.45, 7) is 0.918. The average molecular weight is 549 g/mol. The molecule has 3 aromatic rings. The zero-order valence-corrected chi connectivity index (χ0v) is 21.1. The second-order valence-corrected chi connectivity index (χ2v) is 11.0. The van der Waals surface area contributed by atoms with Crippen molar-refractivity contribution in [1.82, 2.24) is 15.3 Å². The molecule has 1 unspecified atom stereocenters. The molecule has 5 rings (SSSR count). The lowest BCUT2D eigenvalue weighted by molar-refractivity contribution is -0.149. The number of nitrogens with zero attached hydrogens (tertiary/aromatic N) is 2. The quantitative estimate of drug-likeness (QED) is 0.393. The molecule has 2 aliphatic rings. The van der Waals surface area contributed by atoms with E-state index in [0.717, 1.165) is 17.8 Å². The highest BCUT2D eigenvalue weighted by molar-refractivity contribution is 7.13. The van der Waals surface area contributed by atoms with Crippen molar-refractivity contribution in [2.24, 2.45) is 5.73 Å². The first kappa shape index (κ1) is 26.1. The Kier molecular flexibility index (Phi) is 6.62. The largest absolute Gasteiger partial charge is 0.490 e. The lowest BCUT2D eigenvalue weighted by Crippen LogP contribution is -2.36. The van der Waals surface area contributed by atoms with Crippen LogP contribution in [0.2, 0.25) is 0 Å². The molecule has 200 valence electrons. The molecule has 12 heteroatoms. The van der Waals surface area contributed by atoms with E-state index in [2.05, 4.69) is 15.3 Å². The lowest BCUT2D eigenvalue weighted by Gasteiger charge is -2.24. The first-order valence-electron chi connectivity index (χ1n) is 12.0. The van der Waals surface area contributed by atoms with Crippen molar-refractivity contribution in [1.29, 1.82) is 0 Å². The summed E-state index contributed by atoms with van der Waals surface area (Å²) in [5, 5.41) is 3.19. The van der Waals surface area contributed by atoms with Gasteiger partial charge < -0.3 is 15.8 Å². The van der Waals surface area contributed by atoms with E-state index in [1.807, 2.05) is 0 Å². The maximum Gasteiger partial charge on any atom is 0.398 e. The summed E-state index contributed by atoms with van der Waals surface area (Å²) >= 11 is 1.18. The van der Waals surface area contributed by atoms with Crippen LogP contribution in [0.25, 0.3) is 11.3 Å². The zero-order chi connectivity index (χ0) is 27.2. The van der Waals surface area contributed by atoms with Crippen LogP contribution in [0.3, 0.4) is 0 Å². The van der Waals surface area contributed by atoms with Gasteiger partial charge in [0.05, 0.1) is 23.5 Å². The number of hydrogen-bond acceptors (Lipinski definition) is 6. The summed E-state index contributed by atoms with van der Waals surface area (Å²) in [5.74, 6) is -3.44. The highest BCUT2D eigenvalue weighted by atomic mass is 32.1. The van der Waals surface area contributed by atoms with Crippen molar-refractivity contribution in [3.8, 4) is 17.0 Å². The van der Waals surface area contributed by atoms with Gasteiger partial charge in [0.1, 0.15) is 28.1 Å². The predicted octanol–water partition coefficient (Wildman–Crippen LogP) is 4.82. The summed E-state index contributed by atoms with van der Waals surface area (Å²) in [4.78, 5) is 33.2. The number of primary amides is 1. The highest BCUT2D eigenvalue weighted by Gasteiger charge is 2.46. The van der Waals surface area contributed by atoms with Crippen LogP contribution < -0.4 is 15.8 Å². The van der Waals surface area contributed by atoms with Gasteiger partial charge in [-0.2, -0.15) is 13.2 Å². The van der Waals surface area contributed by atoms with Gasteiger partial charge in [0.2, 0.25) is 5.91 Å². The molecule has 1 saturated carbocycles. The summed E-state index contributed by atoms with van der Waals surface area (Å²) in [5.41, 5.74) is 4.85. The van der Waals surface area contributed by atoms with Crippen LogP contribution in [0.1, 0.15) is 64.0 Å². The Morgan fingerprint density at radius 2 is 1.97 bits per heavy atom. The van der Waals surface area contributed by atoms with Crippen molar-refractivity contribution in [3.63, 3.8) is 0 Å². The Morgan fingerprint density at radius 3 is 2.61 bits per heavy atom. The fourth-order valence-electron chi connectivity index (χ4n) is 4.55. The van der Waals surface area contributed by atoms with Crippen LogP contribution in [0, 0.1) is 5.82 Å². The molecule has 0 saturated heterocycles. The molecule has 1 aliphatic carbocycles. The normalized spacial score (nSPS) is 19.5. The Hall–Kier alpha value is -3.54. The minimum absolute atomic E-state index is 0.00667. The van der Waals surface area contributed by atoms with Crippen LogP contribution in [0.5, 0.6) is 5.75 Å². The number of fused-ring (bicyclic) bond motifs is 1. The monoisotopic (exact) mass is 548 g/mol. The Bertz CT molecular complexity index is 1390. The molecule has 38 heavy (non-hydrogen) atoms. The van der Waals surface area contributed by atoms with Gasteiger partial charge >= 0.3 is 6.18 Å². The van der Waals surface area contributed by atoms with Crippen molar-refractivity contribution < 1.29 is 31.9 Å². The molecule has 0 bridgehead atoms. The number of ether oxygens (including phenoxy) is 1. The minimum atomic E-state index is -4.76. The number of carbonyl (C=O) groups excluding carboxylic acids is 2. The number of rotatable bonds is 8. The molecule has 3 N–H and O–H groups in total. The molecule has 2 amide bonds. The zero-order valence-electron chi connectivity index (χ0n) is 20.3. The second kappa shape index (κ2) is 9.64. The molecule has 1 fully saturated rings. The summed E-state index contributed by atoms with van der Waals surface area (Å²) < 4.78 is 62.5. The summed E-state index contributed by atoms with van der Waals surface area (Å²) in [6.07, 6.45) is -1.56. The maximum absolute atomic E-state index is 14.4. The summed E-state index contributed by atoms with van der Waals surface area (Å²) in [6, 6.07) is 6.38. The van der Waals surface area contributed by atoms with Crippen molar-refractivity contribution >= 4 is 23.2 Å². The SMILES string of the molecule is C[C@]1(CC(N)=O)COc2c1cc(C(CNC(=O)c1cnc(C3CC3)s1)C(F)(F)F)nc2-c1ccc(F)cc1. The molecule has 7 nitrogen and oxygen atoms in total. The minimum Gasteiger partial charge on any atom is -0.490 e. The molecule has 3 heterocycles.